The Morgan fingerprint density at radius 3 is 2.61 bits per heavy atom. The molecule has 0 saturated carbocycles. The number of ether oxygens (including phenoxy) is 1. The van der Waals surface area contributed by atoms with Crippen LogP contribution >= 0.6 is 34.3 Å². The first-order valence-corrected chi connectivity index (χ1v) is 13.2. The highest BCUT2D eigenvalue weighted by molar-refractivity contribution is 7.91. The summed E-state index contributed by atoms with van der Waals surface area (Å²) in [5, 5.41) is 4.81. The normalized spacial score (nSPS) is 15.2. The first kappa shape index (κ1) is 22.2. The minimum atomic E-state index is -3.50. The van der Waals surface area contributed by atoms with E-state index in [1.165, 1.54) is 22.7 Å². The van der Waals surface area contributed by atoms with Crippen molar-refractivity contribution >= 4 is 50.2 Å². The Balaban J connectivity index is 1.28. The van der Waals surface area contributed by atoms with Crippen LogP contribution < -0.4 is 9.46 Å². The van der Waals surface area contributed by atoms with Crippen molar-refractivity contribution in [2.24, 2.45) is 0 Å². The van der Waals surface area contributed by atoms with Gasteiger partial charge in [0.1, 0.15) is 27.3 Å². The summed E-state index contributed by atoms with van der Waals surface area (Å²) in [6.07, 6.45) is 1.13. The minimum Gasteiger partial charge on any atom is -0.486 e. The average Bonchev–Trinajstić information content (AvgIpc) is 3.46. The van der Waals surface area contributed by atoms with Gasteiger partial charge in [0, 0.05) is 29.5 Å². The van der Waals surface area contributed by atoms with Gasteiger partial charge in [-0.1, -0.05) is 17.7 Å². The van der Waals surface area contributed by atoms with Crippen LogP contribution in [0.25, 0.3) is 0 Å². The number of benzene rings is 1. The van der Waals surface area contributed by atoms with E-state index in [1.807, 2.05) is 0 Å². The van der Waals surface area contributed by atoms with Crippen LogP contribution in [0.3, 0.4) is 0 Å². The SMILES string of the molecule is O=C(c1csc(COc2ccc(Cl)cc2)n1)N1CCC(NS(=O)(=O)c2cccs2)CC1. The maximum absolute atomic E-state index is 12.8. The molecular weight excluding hydrogens is 478 g/mol. The molecule has 31 heavy (non-hydrogen) atoms. The molecule has 0 spiro atoms. The van der Waals surface area contributed by atoms with Crippen LogP contribution in [0.5, 0.6) is 5.75 Å². The molecular formula is C20H20ClN3O4S3. The smallest absolute Gasteiger partial charge is 0.273 e. The minimum absolute atomic E-state index is 0.145. The maximum Gasteiger partial charge on any atom is 0.273 e. The Kier molecular flexibility index (Phi) is 6.92. The molecule has 0 radical (unpaired) electrons. The summed E-state index contributed by atoms with van der Waals surface area (Å²) >= 11 is 8.42. The number of hydrogen-bond acceptors (Lipinski definition) is 7. The highest BCUT2D eigenvalue weighted by atomic mass is 35.5. The zero-order chi connectivity index (χ0) is 21.8. The van der Waals surface area contributed by atoms with Gasteiger partial charge in [0.15, 0.2) is 0 Å². The molecule has 1 aliphatic heterocycles. The van der Waals surface area contributed by atoms with E-state index in [0.717, 1.165) is 0 Å². The zero-order valence-electron chi connectivity index (χ0n) is 16.4. The molecule has 11 heteroatoms. The van der Waals surface area contributed by atoms with Crippen LogP contribution in [0.1, 0.15) is 28.3 Å². The number of rotatable bonds is 7. The van der Waals surface area contributed by atoms with E-state index in [2.05, 4.69) is 9.71 Å². The molecule has 164 valence electrons. The van der Waals surface area contributed by atoms with Crippen molar-refractivity contribution in [1.82, 2.24) is 14.6 Å². The number of sulfonamides is 1. The molecule has 1 fully saturated rings. The largest absolute Gasteiger partial charge is 0.486 e. The molecule has 0 unspecified atom stereocenters. The summed E-state index contributed by atoms with van der Waals surface area (Å²) < 4.78 is 33.5. The second kappa shape index (κ2) is 9.66. The number of thiazole rings is 1. The second-order valence-electron chi connectivity index (χ2n) is 6.99. The van der Waals surface area contributed by atoms with Gasteiger partial charge in [-0.25, -0.2) is 18.1 Å². The lowest BCUT2D eigenvalue weighted by atomic mass is 10.1. The standard InChI is InChI=1S/C20H20ClN3O4S3/c21-14-3-5-16(6-4-14)28-12-18-22-17(13-30-18)20(25)24-9-7-15(8-10-24)23-31(26,27)19-2-1-11-29-19/h1-6,11,13,15,23H,7-10,12H2. The molecule has 2 aromatic heterocycles. The highest BCUT2D eigenvalue weighted by Gasteiger charge is 2.28. The quantitative estimate of drug-likeness (QED) is 0.532. The molecule has 1 N–H and O–H groups in total. The van der Waals surface area contributed by atoms with Crippen molar-refractivity contribution in [2.75, 3.05) is 13.1 Å². The van der Waals surface area contributed by atoms with E-state index < -0.39 is 10.0 Å². The van der Waals surface area contributed by atoms with E-state index in [0.29, 0.717) is 51.6 Å². The van der Waals surface area contributed by atoms with Crippen molar-refractivity contribution in [3.63, 3.8) is 0 Å². The van der Waals surface area contributed by atoms with Crippen LogP contribution in [0.2, 0.25) is 5.02 Å². The molecule has 0 bridgehead atoms. The number of carbonyl (C=O) groups is 1. The van der Waals surface area contributed by atoms with Gasteiger partial charge >= 0.3 is 0 Å². The van der Waals surface area contributed by atoms with Crippen LogP contribution in [0.4, 0.5) is 0 Å². The molecule has 1 aromatic carbocycles. The lowest BCUT2D eigenvalue weighted by molar-refractivity contribution is 0.0706. The predicted molar refractivity (Wildman–Crippen MR) is 121 cm³/mol. The van der Waals surface area contributed by atoms with Gasteiger partial charge in [-0.2, -0.15) is 0 Å². The first-order chi connectivity index (χ1) is 14.9. The molecule has 1 aliphatic rings. The number of nitrogens with one attached hydrogen (secondary N) is 1. The molecule has 0 aliphatic carbocycles. The number of hydrogen-bond donors (Lipinski definition) is 1. The molecule has 0 atom stereocenters. The summed E-state index contributed by atoms with van der Waals surface area (Å²) in [5.41, 5.74) is 0.386. The van der Waals surface area contributed by atoms with Crippen molar-refractivity contribution in [2.45, 2.75) is 29.7 Å². The lowest BCUT2D eigenvalue weighted by Crippen LogP contribution is -2.46. The molecule has 4 rings (SSSR count). The van der Waals surface area contributed by atoms with Gasteiger partial charge in [0.25, 0.3) is 5.91 Å². The van der Waals surface area contributed by atoms with Gasteiger partial charge in [0.05, 0.1) is 0 Å². The molecule has 1 amide bonds. The topological polar surface area (TPSA) is 88.6 Å². The van der Waals surface area contributed by atoms with Crippen LogP contribution in [-0.2, 0) is 16.6 Å². The summed E-state index contributed by atoms with van der Waals surface area (Å²) in [5.74, 6) is 0.535. The number of carbonyl (C=O) groups excluding carboxylic acids is 1. The Bertz CT molecular complexity index is 1120. The van der Waals surface area contributed by atoms with Gasteiger partial charge in [-0.3, -0.25) is 4.79 Å². The van der Waals surface area contributed by atoms with Crippen LogP contribution in [-0.4, -0.2) is 43.3 Å². The fourth-order valence-electron chi connectivity index (χ4n) is 3.21. The van der Waals surface area contributed by atoms with Gasteiger partial charge < -0.3 is 9.64 Å². The summed E-state index contributed by atoms with van der Waals surface area (Å²) in [6, 6.07) is 10.2. The van der Waals surface area contributed by atoms with Crippen molar-refractivity contribution in [1.29, 1.82) is 0 Å². The summed E-state index contributed by atoms with van der Waals surface area (Å²) in [4.78, 5) is 18.9. The average molecular weight is 498 g/mol. The fourth-order valence-corrected chi connectivity index (χ4v) is 6.33. The van der Waals surface area contributed by atoms with Gasteiger partial charge in [-0.15, -0.1) is 22.7 Å². The lowest BCUT2D eigenvalue weighted by Gasteiger charge is -2.31. The number of aromatic nitrogens is 1. The summed E-state index contributed by atoms with van der Waals surface area (Å²) in [7, 11) is -3.50. The Hall–Kier alpha value is -1.98. The van der Waals surface area contributed by atoms with Gasteiger partial charge in [0.2, 0.25) is 10.0 Å². The van der Waals surface area contributed by atoms with Crippen LogP contribution in [0, 0.1) is 0 Å². The molecule has 3 aromatic rings. The van der Waals surface area contributed by atoms with Crippen LogP contribution in [0.15, 0.2) is 51.4 Å². The van der Waals surface area contributed by atoms with Crippen molar-refractivity contribution in [3.8, 4) is 5.75 Å². The number of piperidine rings is 1. The van der Waals surface area contributed by atoms with E-state index in [4.69, 9.17) is 16.3 Å². The van der Waals surface area contributed by atoms with Crippen molar-refractivity contribution in [3.05, 3.63) is 62.9 Å². The first-order valence-electron chi connectivity index (χ1n) is 9.58. The number of thiophene rings is 1. The van der Waals surface area contributed by atoms with Gasteiger partial charge in [-0.05, 0) is 48.6 Å². The second-order valence-corrected chi connectivity index (χ2v) is 11.3. The third-order valence-corrected chi connectivity index (χ3v) is 8.80. The Morgan fingerprint density at radius 2 is 1.94 bits per heavy atom. The number of nitrogens with zero attached hydrogens (tertiary/aromatic N) is 2. The maximum atomic E-state index is 12.8. The van der Waals surface area contributed by atoms with E-state index >= 15 is 0 Å². The third-order valence-electron chi connectivity index (χ3n) is 4.81. The van der Waals surface area contributed by atoms with E-state index in [9.17, 15) is 13.2 Å². The molecule has 3 heterocycles. The van der Waals surface area contributed by atoms with E-state index in [1.54, 1.807) is 52.1 Å². The fraction of sp³-hybridized carbons (Fsp3) is 0.300. The highest BCUT2D eigenvalue weighted by Crippen LogP contribution is 2.21. The zero-order valence-corrected chi connectivity index (χ0v) is 19.6. The number of amides is 1. The Labute approximate surface area is 193 Å². The molecule has 7 nitrogen and oxygen atoms in total. The monoisotopic (exact) mass is 497 g/mol. The van der Waals surface area contributed by atoms with E-state index in [-0.39, 0.29) is 18.6 Å². The molecule has 1 saturated heterocycles. The number of likely N-dealkylation sites (tertiary alicyclic amines) is 1. The summed E-state index contributed by atoms with van der Waals surface area (Å²) in [6.45, 7) is 1.22. The van der Waals surface area contributed by atoms with Crippen molar-refractivity contribution < 1.29 is 17.9 Å². The predicted octanol–water partition coefficient (Wildman–Crippen LogP) is 4.02. The Morgan fingerprint density at radius 1 is 1.19 bits per heavy atom. The third kappa shape index (κ3) is 5.64. The number of halogens is 1.